The Kier molecular flexibility index (Phi) is 6.20. The highest BCUT2D eigenvalue weighted by Crippen LogP contribution is 2.22. The summed E-state index contributed by atoms with van der Waals surface area (Å²) in [4.78, 5) is 12.4. The summed E-state index contributed by atoms with van der Waals surface area (Å²) in [5.74, 6) is 0.245. The Morgan fingerprint density at radius 3 is 2.58 bits per heavy atom. The topological polar surface area (TPSA) is 79.0 Å². The number of ether oxygens (including phenoxy) is 1. The van der Waals surface area contributed by atoms with E-state index < -0.39 is 10.2 Å². The number of amides is 1. The van der Waals surface area contributed by atoms with Crippen LogP contribution in [-0.2, 0) is 15.0 Å². The van der Waals surface area contributed by atoms with Crippen molar-refractivity contribution in [3.63, 3.8) is 0 Å². The van der Waals surface area contributed by atoms with E-state index in [2.05, 4.69) is 5.32 Å². The minimum atomic E-state index is -3.48. The number of carbonyl (C=O) groups excluding carboxylic acids is 1. The summed E-state index contributed by atoms with van der Waals surface area (Å²) in [6.45, 7) is 3.16. The van der Waals surface area contributed by atoms with E-state index in [1.807, 2.05) is 6.92 Å². The van der Waals surface area contributed by atoms with Crippen LogP contribution in [0.15, 0.2) is 24.3 Å². The summed E-state index contributed by atoms with van der Waals surface area (Å²) in [6, 6.07) is 7.14. The highest BCUT2D eigenvalue weighted by molar-refractivity contribution is 7.86. The molecular formula is C16H25N3O4S. The Bertz CT molecular complexity index is 658. The number of carbonyl (C=O) groups is 1. The molecule has 7 nitrogen and oxygen atoms in total. The van der Waals surface area contributed by atoms with Crippen molar-refractivity contribution in [1.29, 1.82) is 0 Å². The summed E-state index contributed by atoms with van der Waals surface area (Å²) >= 11 is 0. The van der Waals surface area contributed by atoms with Crippen LogP contribution in [-0.4, -0.2) is 56.7 Å². The Morgan fingerprint density at radius 2 is 2.00 bits per heavy atom. The van der Waals surface area contributed by atoms with Gasteiger partial charge in [-0.2, -0.15) is 17.0 Å². The van der Waals surface area contributed by atoms with Crippen LogP contribution in [0.5, 0.6) is 5.75 Å². The fourth-order valence-electron chi connectivity index (χ4n) is 2.64. The van der Waals surface area contributed by atoms with Crippen molar-refractivity contribution in [2.45, 2.75) is 19.8 Å². The zero-order valence-corrected chi connectivity index (χ0v) is 15.2. The van der Waals surface area contributed by atoms with Crippen LogP contribution in [0, 0.1) is 5.92 Å². The van der Waals surface area contributed by atoms with Crippen LogP contribution < -0.4 is 10.1 Å². The monoisotopic (exact) mass is 355 g/mol. The largest absolute Gasteiger partial charge is 0.494 e. The van der Waals surface area contributed by atoms with Gasteiger partial charge in [0, 0.05) is 32.9 Å². The molecular weight excluding hydrogens is 330 g/mol. The molecule has 1 aromatic rings. The van der Waals surface area contributed by atoms with E-state index in [1.54, 1.807) is 24.3 Å². The minimum Gasteiger partial charge on any atom is -0.494 e. The van der Waals surface area contributed by atoms with E-state index in [4.69, 9.17) is 4.74 Å². The molecule has 24 heavy (non-hydrogen) atoms. The van der Waals surface area contributed by atoms with Crippen molar-refractivity contribution < 1.29 is 17.9 Å². The van der Waals surface area contributed by atoms with Crippen molar-refractivity contribution in [1.82, 2.24) is 8.61 Å². The lowest BCUT2D eigenvalue weighted by molar-refractivity contribution is -0.120. The highest BCUT2D eigenvalue weighted by Gasteiger charge is 2.33. The quantitative estimate of drug-likeness (QED) is 0.840. The zero-order valence-electron chi connectivity index (χ0n) is 14.4. The maximum Gasteiger partial charge on any atom is 0.281 e. The van der Waals surface area contributed by atoms with E-state index >= 15 is 0 Å². The second kappa shape index (κ2) is 7.96. The van der Waals surface area contributed by atoms with Crippen LogP contribution in [0.2, 0.25) is 0 Å². The van der Waals surface area contributed by atoms with Crippen molar-refractivity contribution >= 4 is 21.8 Å². The van der Waals surface area contributed by atoms with Crippen LogP contribution in [0.25, 0.3) is 0 Å². The average molecular weight is 355 g/mol. The number of hydrogen-bond donors (Lipinski definition) is 1. The van der Waals surface area contributed by atoms with Crippen LogP contribution in [0.4, 0.5) is 5.69 Å². The molecule has 134 valence electrons. The van der Waals surface area contributed by atoms with E-state index in [9.17, 15) is 13.2 Å². The number of benzene rings is 1. The summed E-state index contributed by atoms with van der Waals surface area (Å²) in [5, 5.41) is 2.85. The van der Waals surface area contributed by atoms with Gasteiger partial charge in [-0.15, -0.1) is 0 Å². The maximum absolute atomic E-state index is 12.4. The molecule has 1 amide bonds. The third-order valence-corrected chi connectivity index (χ3v) is 5.88. The molecule has 1 heterocycles. The van der Waals surface area contributed by atoms with Crippen LogP contribution >= 0.6 is 0 Å². The van der Waals surface area contributed by atoms with Gasteiger partial charge < -0.3 is 10.1 Å². The fourth-order valence-corrected chi connectivity index (χ4v) is 3.83. The summed E-state index contributed by atoms with van der Waals surface area (Å²) < 4.78 is 32.4. The maximum atomic E-state index is 12.4. The van der Waals surface area contributed by atoms with Gasteiger partial charge in [0.15, 0.2) is 0 Å². The van der Waals surface area contributed by atoms with Gasteiger partial charge in [-0.3, -0.25) is 4.79 Å². The lowest BCUT2D eigenvalue weighted by Gasteiger charge is -2.32. The summed E-state index contributed by atoms with van der Waals surface area (Å²) in [7, 11) is -0.483. The molecule has 0 radical (unpaired) electrons. The van der Waals surface area contributed by atoms with Crippen LogP contribution in [0.1, 0.15) is 19.8 Å². The number of hydrogen-bond acceptors (Lipinski definition) is 4. The molecule has 0 unspecified atom stereocenters. The van der Waals surface area contributed by atoms with E-state index in [1.165, 1.54) is 22.7 Å². The Balaban J connectivity index is 1.99. The van der Waals surface area contributed by atoms with Gasteiger partial charge in [0.1, 0.15) is 5.75 Å². The first-order valence-corrected chi connectivity index (χ1v) is 9.45. The lowest BCUT2D eigenvalue weighted by atomic mass is 9.99. The van der Waals surface area contributed by atoms with Gasteiger partial charge in [0.2, 0.25) is 5.91 Å². The second-order valence-electron chi connectivity index (χ2n) is 5.93. The minimum absolute atomic E-state index is 0.155. The van der Waals surface area contributed by atoms with Gasteiger partial charge in [0.25, 0.3) is 10.2 Å². The first kappa shape index (κ1) is 18.7. The molecule has 1 saturated heterocycles. The third-order valence-electron chi connectivity index (χ3n) is 3.98. The number of anilines is 1. The number of piperidine rings is 1. The molecule has 1 N–H and O–H groups in total. The molecule has 0 spiro atoms. The van der Waals surface area contributed by atoms with Gasteiger partial charge in [0.05, 0.1) is 12.5 Å². The number of nitrogens with one attached hydrogen (secondary N) is 1. The highest BCUT2D eigenvalue weighted by atomic mass is 32.2. The fraction of sp³-hybridized carbons (Fsp3) is 0.562. The molecule has 1 aliphatic heterocycles. The Hall–Kier alpha value is -1.64. The molecule has 0 aromatic heterocycles. The molecule has 0 aliphatic carbocycles. The lowest BCUT2D eigenvalue weighted by Crippen LogP contribution is -2.47. The predicted octanol–water partition coefficient (Wildman–Crippen LogP) is 1.54. The summed E-state index contributed by atoms with van der Waals surface area (Å²) in [5.41, 5.74) is 0.677. The Labute approximate surface area is 143 Å². The van der Waals surface area contributed by atoms with Crippen LogP contribution in [0.3, 0.4) is 0 Å². The second-order valence-corrected chi connectivity index (χ2v) is 8.08. The standard InChI is InChI=1S/C16H25N3O4S/c1-4-23-15-9-7-14(8-10-15)17-16(20)13-6-5-11-19(12-13)24(21,22)18(2)3/h7-10,13H,4-6,11-12H2,1-3H3,(H,17,20)/t13-/m1/s1. The van der Waals surface area contributed by atoms with Crippen molar-refractivity contribution in [2.75, 3.05) is 39.1 Å². The van der Waals surface area contributed by atoms with E-state index in [0.717, 1.165) is 5.75 Å². The molecule has 1 fully saturated rings. The third kappa shape index (κ3) is 4.46. The SMILES string of the molecule is CCOc1ccc(NC(=O)[C@@H]2CCCN(S(=O)(=O)N(C)C)C2)cc1. The zero-order chi connectivity index (χ0) is 17.7. The van der Waals surface area contributed by atoms with Gasteiger partial charge >= 0.3 is 0 Å². The molecule has 1 atom stereocenters. The van der Waals surface area contributed by atoms with E-state index in [-0.39, 0.29) is 18.4 Å². The molecule has 0 bridgehead atoms. The van der Waals surface area contributed by atoms with Gasteiger partial charge in [-0.1, -0.05) is 0 Å². The normalized spacial score (nSPS) is 19.2. The predicted molar refractivity (Wildman–Crippen MR) is 93.1 cm³/mol. The molecule has 8 heteroatoms. The first-order chi connectivity index (χ1) is 11.3. The van der Waals surface area contributed by atoms with Crippen molar-refractivity contribution in [3.05, 3.63) is 24.3 Å². The van der Waals surface area contributed by atoms with Crippen molar-refractivity contribution in [2.24, 2.45) is 5.92 Å². The Morgan fingerprint density at radius 1 is 1.33 bits per heavy atom. The smallest absolute Gasteiger partial charge is 0.281 e. The van der Waals surface area contributed by atoms with E-state index in [0.29, 0.717) is 31.7 Å². The van der Waals surface area contributed by atoms with Gasteiger partial charge in [-0.25, -0.2) is 0 Å². The summed E-state index contributed by atoms with van der Waals surface area (Å²) in [6.07, 6.45) is 1.36. The average Bonchev–Trinajstić information content (AvgIpc) is 2.57. The molecule has 1 aliphatic rings. The molecule has 0 saturated carbocycles. The molecule has 2 rings (SSSR count). The van der Waals surface area contributed by atoms with Crippen molar-refractivity contribution in [3.8, 4) is 5.75 Å². The van der Waals surface area contributed by atoms with Gasteiger partial charge in [-0.05, 0) is 44.0 Å². The first-order valence-electron chi connectivity index (χ1n) is 8.06. The number of nitrogens with zero attached hydrogens (tertiary/aromatic N) is 2. The molecule has 1 aromatic carbocycles. The number of rotatable bonds is 6.